The van der Waals surface area contributed by atoms with E-state index < -0.39 is 6.36 Å². The number of nitrogen functional groups attached to an aromatic ring is 1. The number of alkyl halides is 3. The molecular formula is C23H24ClF3N4O2. The van der Waals surface area contributed by atoms with Crippen molar-refractivity contribution in [1.82, 2.24) is 9.88 Å². The molecule has 0 amide bonds. The van der Waals surface area contributed by atoms with E-state index in [0.29, 0.717) is 22.0 Å². The number of hydrogen-bond donors (Lipinski definition) is 2. The topological polar surface area (TPSA) is 72.6 Å². The summed E-state index contributed by atoms with van der Waals surface area (Å²) in [7, 11) is 0. The van der Waals surface area contributed by atoms with Gasteiger partial charge in [0.15, 0.2) is 0 Å². The molecule has 3 aromatic rings. The highest BCUT2D eigenvalue weighted by atomic mass is 35.5. The number of aryl methyl sites for hydroxylation is 1. The van der Waals surface area contributed by atoms with Crippen molar-refractivity contribution in [2.24, 2.45) is 0 Å². The van der Waals surface area contributed by atoms with E-state index in [1.165, 1.54) is 12.1 Å². The molecule has 0 radical (unpaired) electrons. The van der Waals surface area contributed by atoms with Gasteiger partial charge in [-0.25, -0.2) is 4.98 Å². The fraction of sp³-hybridized carbons (Fsp3) is 0.348. The second-order valence-electron chi connectivity index (χ2n) is 7.78. The molecule has 0 aliphatic carbocycles. The Hall–Kier alpha value is -2.75. The lowest BCUT2D eigenvalue weighted by atomic mass is 10.0. The van der Waals surface area contributed by atoms with Crippen molar-refractivity contribution < 1.29 is 22.6 Å². The lowest BCUT2D eigenvalue weighted by Crippen LogP contribution is -2.36. The van der Waals surface area contributed by atoms with Gasteiger partial charge in [0.2, 0.25) is 0 Å². The lowest BCUT2D eigenvalue weighted by molar-refractivity contribution is -0.274. The average molecular weight is 481 g/mol. The minimum Gasteiger partial charge on any atom is -0.406 e. The van der Waals surface area contributed by atoms with E-state index in [1.807, 2.05) is 18.2 Å². The fourth-order valence-electron chi connectivity index (χ4n) is 3.84. The van der Waals surface area contributed by atoms with Crippen LogP contribution in [-0.4, -0.2) is 49.1 Å². The van der Waals surface area contributed by atoms with Crippen LogP contribution in [0.2, 0.25) is 5.02 Å². The predicted octanol–water partition coefficient (Wildman–Crippen LogP) is 5.38. The summed E-state index contributed by atoms with van der Waals surface area (Å²) in [6.45, 7) is 4.50. The molecule has 1 aliphatic heterocycles. The Morgan fingerprint density at radius 1 is 1.12 bits per heavy atom. The molecule has 0 spiro atoms. The van der Waals surface area contributed by atoms with Gasteiger partial charge in [0.25, 0.3) is 0 Å². The number of ether oxygens (including phenoxy) is 2. The van der Waals surface area contributed by atoms with Crippen LogP contribution in [0.5, 0.6) is 5.75 Å². The standard InChI is InChI=1S/C23H24ClF3N4O2/c24-18-6-3-15(2-1-9-31-10-12-32-13-11-31)17-5-8-21(30-22(17)18)29-20-7-4-16(14-19(20)28)33-23(25,26)27/h3-8,14H,1-2,9-13,28H2,(H,29,30). The number of fused-ring (bicyclic) bond motifs is 1. The number of aromatic nitrogens is 1. The van der Waals surface area contributed by atoms with Crippen LogP contribution in [-0.2, 0) is 11.2 Å². The summed E-state index contributed by atoms with van der Waals surface area (Å²) in [5.74, 6) is 0.0906. The number of benzene rings is 2. The molecule has 176 valence electrons. The van der Waals surface area contributed by atoms with Crippen LogP contribution in [0.3, 0.4) is 0 Å². The number of hydrogen-bond acceptors (Lipinski definition) is 6. The zero-order valence-corrected chi connectivity index (χ0v) is 18.5. The monoisotopic (exact) mass is 480 g/mol. The Balaban J connectivity index is 1.48. The highest BCUT2D eigenvalue weighted by molar-refractivity contribution is 6.35. The summed E-state index contributed by atoms with van der Waals surface area (Å²) in [4.78, 5) is 7.01. The molecule has 10 heteroatoms. The molecule has 3 N–H and O–H groups in total. The molecule has 1 fully saturated rings. The molecule has 0 saturated carbocycles. The molecule has 4 rings (SSSR count). The van der Waals surface area contributed by atoms with E-state index in [-0.39, 0.29) is 11.4 Å². The molecule has 2 aromatic carbocycles. The molecule has 0 atom stereocenters. The highest BCUT2D eigenvalue weighted by Crippen LogP contribution is 2.32. The highest BCUT2D eigenvalue weighted by Gasteiger charge is 2.31. The summed E-state index contributed by atoms with van der Waals surface area (Å²) in [5, 5.41) is 4.53. The van der Waals surface area contributed by atoms with Crippen molar-refractivity contribution in [3.8, 4) is 5.75 Å². The summed E-state index contributed by atoms with van der Waals surface area (Å²) >= 11 is 6.41. The molecule has 33 heavy (non-hydrogen) atoms. The van der Waals surface area contributed by atoms with Gasteiger partial charge < -0.3 is 20.5 Å². The van der Waals surface area contributed by atoms with Crippen molar-refractivity contribution in [2.45, 2.75) is 19.2 Å². The minimum absolute atomic E-state index is 0.0987. The first-order valence-corrected chi connectivity index (χ1v) is 11.0. The predicted molar refractivity (Wildman–Crippen MR) is 123 cm³/mol. The van der Waals surface area contributed by atoms with Gasteiger partial charge in [-0.2, -0.15) is 0 Å². The van der Waals surface area contributed by atoms with Crippen LogP contribution in [0.15, 0.2) is 42.5 Å². The number of nitrogens with one attached hydrogen (secondary N) is 1. The van der Waals surface area contributed by atoms with E-state index in [0.717, 1.165) is 62.7 Å². The van der Waals surface area contributed by atoms with Crippen LogP contribution in [0.25, 0.3) is 10.9 Å². The quantitative estimate of drug-likeness (QED) is 0.442. The van der Waals surface area contributed by atoms with Crippen molar-refractivity contribution in [1.29, 1.82) is 0 Å². The van der Waals surface area contributed by atoms with Crippen molar-refractivity contribution >= 4 is 39.7 Å². The summed E-state index contributed by atoms with van der Waals surface area (Å²) in [5.41, 5.74) is 8.22. The van der Waals surface area contributed by atoms with Gasteiger partial charge in [0, 0.05) is 24.5 Å². The second-order valence-corrected chi connectivity index (χ2v) is 8.19. The Bertz CT molecular complexity index is 1120. The third kappa shape index (κ3) is 6.19. The molecule has 0 unspecified atom stereocenters. The largest absolute Gasteiger partial charge is 0.573 e. The Morgan fingerprint density at radius 3 is 2.64 bits per heavy atom. The van der Waals surface area contributed by atoms with Gasteiger partial charge in [0.05, 0.1) is 35.1 Å². The summed E-state index contributed by atoms with van der Waals surface area (Å²) in [6.07, 6.45) is -2.87. The van der Waals surface area contributed by atoms with Crippen LogP contribution in [0, 0.1) is 0 Å². The van der Waals surface area contributed by atoms with Crippen molar-refractivity contribution in [2.75, 3.05) is 43.9 Å². The third-order valence-electron chi connectivity index (χ3n) is 5.44. The number of pyridine rings is 1. The zero-order chi connectivity index (χ0) is 23.4. The Morgan fingerprint density at radius 2 is 1.91 bits per heavy atom. The first-order valence-electron chi connectivity index (χ1n) is 10.6. The molecule has 1 aliphatic rings. The van der Waals surface area contributed by atoms with E-state index in [9.17, 15) is 13.2 Å². The van der Waals surface area contributed by atoms with E-state index in [2.05, 4.69) is 19.9 Å². The Labute approximate surface area is 194 Å². The van der Waals surface area contributed by atoms with Crippen molar-refractivity contribution in [3.05, 3.63) is 53.1 Å². The van der Waals surface area contributed by atoms with Gasteiger partial charge >= 0.3 is 6.36 Å². The number of nitrogens with two attached hydrogens (primary N) is 1. The van der Waals surface area contributed by atoms with E-state index >= 15 is 0 Å². The zero-order valence-electron chi connectivity index (χ0n) is 17.8. The second kappa shape index (κ2) is 10.0. The SMILES string of the molecule is Nc1cc(OC(F)(F)F)ccc1Nc1ccc2c(CCCN3CCOCC3)ccc(Cl)c2n1. The van der Waals surface area contributed by atoms with Gasteiger partial charge in [-0.3, -0.25) is 4.90 Å². The van der Waals surface area contributed by atoms with Gasteiger partial charge in [-0.05, 0) is 55.3 Å². The number of rotatable bonds is 7. The van der Waals surface area contributed by atoms with Crippen LogP contribution < -0.4 is 15.8 Å². The molecule has 2 heterocycles. The molecule has 0 bridgehead atoms. The molecule has 6 nitrogen and oxygen atoms in total. The number of anilines is 3. The maximum Gasteiger partial charge on any atom is 0.573 e. The average Bonchev–Trinajstić information content (AvgIpc) is 2.77. The number of nitrogens with zero attached hydrogens (tertiary/aromatic N) is 2. The third-order valence-corrected chi connectivity index (χ3v) is 5.75. The van der Waals surface area contributed by atoms with Crippen LogP contribution in [0.1, 0.15) is 12.0 Å². The summed E-state index contributed by atoms with van der Waals surface area (Å²) in [6, 6.07) is 11.3. The first kappa shape index (κ1) is 23.4. The van der Waals surface area contributed by atoms with Gasteiger partial charge in [-0.15, -0.1) is 13.2 Å². The lowest BCUT2D eigenvalue weighted by Gasteiger charge is -2.26. The number of morpholine rings is 1. The van der Waals surface area contributed by atoms with Crippen LogP contribution in [0.4, 0.5) is 30.4 Å². The van der Waals surface area contributed by atoms with Crippen molar-refractivity contribution in [3.63, 3.8) is 0 Å². The van der Waals surface area contributed by atoms with Gasteiger partial charge in [-0.1, -0.05) is 17.7 Å². The first-order chi connectivity index (χ1) is 15.8. The fourth-order valence-corrected chi connectivity index (χ4v) is 4.05. The van der Waals surface area contributed by atoms with Crippen LogP contribution >= 0.6 is 11.6 Å². The summed E-state index contributed by atoms with van der Waals surface area (Å²) < 4.78 is 46.5. The maximum atomic E-state index is 12.4. The minimum atomic E-state index is -4.78. The van der Waals surface area contributed by atoms with Gasteiger partial charge in [0.1, 0.15) is 11.6 Å². The van der Waals surface area contributed by atoms with E-state index in [1.54, 1.807) is 6.07 Å². The molecule has 1 saturated heterocycles. The maximum absolute atomic E-state index is 12.4. The molecule has 1 aromatic heterocycles. The Kier molecular flexibility index (Phi) is 7.11. The smallest absolute Gasteiger partial charge is 0.406 e. The van der Waals surface area contributed by atoms with E-state index in [4.69, 9.17) is 22.1 Å². The number of halogens is 4. The normalized spacial score (nSPS) is 15.0. The molecular weight excluding hydrogens is 457 g/mol.